The van der Waals surface area contributed by atoms with E-state index in [-0.39, 0.29) is 16.7 Å². The van der Waals surface area contributed by atoms with E-state index in [0.29, 0.717) is 18.2 Å². The molecule has 0 aromatic heterocycles. The van der Waals surface area contributed by atoms with Gasteiger partial charge in [-0.25, -0.2) is 0 Å². The largest absolute Gasteiger partial charge is 0.381 e. The molecule has 1 saturated heterocycles. The molecular weight excluding hydrogens is 312 g/mol. The summed E-state index contributed by atoms with van der Waals surface area (Å²) in [6.45, 7) is 4.46. The van der Waals surface area contributed by atoms with Crippen molar-refractivity contribution in [2.75, 3.05) is 11.9 Å². The van der Waals surface area contributed by atoms with Crippen LogP contribution in [0.3, 0.4) is 0 Å². The second kappa shape index (κ2) is 5.88. The van der Waals surface area contributed by atoms with E-state index in [0.717, 1.165) is 23.0 Å². The Morgan fingerprint density at radius 3 is 2.84 bits per heavy atom. The molecule has 1 fully saturated rings. The van der Waals surface area contributed by atoms with Crippen LogP contribution in [0.2, 0.25) is 0 Å². The molecule has 1 aromatic rings. The highest BCUT2D eigenvalue weighted by Crippen LogP contribution is 2.31. The zero-order valence-electron chi connectivity index (χ0n) is 11.0. The van der Waals surface area contributed by atoms with Crippen LogP contribution in [0.25, 0.3) is 0 Å². The van der Waals surface area contributed by atoms with E-state index in [1.165, 1.54) is 0 Å². The molecule has 0 aliphatic carbocycles. The molecule has 1 heterocycles. The number of rotatable bonds is 4. The fraction of sp³-hybridized carbons (Fsp3) is 0.538. The van der Waals surface area contributed by atoms with Crippen molar-refractivity contribution in [3.8, 4) is 0 Å². The van der Waals surface area contributed by atoms with Crippen molar-refractivity contribution in [3.05, 3.63) is 32.3 Å². The first-order valence-corrected chi connectivity index (χ1v) is 7.10. The van der Waals surface area contributed by atoms with E-state index >= 15 is 0 Å². The van der Waals surface area contributed by atoms with Gasteiger partial charge < -0.3 is 10.1 Å². The molecule has 104 valence electrons. The number of hydrogen-bond donors (Lipinski definition) is 1. The average molecular weight is 329 g/mol. The molecule has 0 bridgehead atoms. The quantitative estimate of drug-likeness (QED) is 0.676. The van der Waals surface area contributed by atoms with Gasteiger partial charge >= 0.3 is 0 Å². The van der Waals surface area contributed by atoms with Crippen LogP contribution >= 0.6 is 15.9 Å². The van der Waals surface area contributed by atoms with Gasteiger partial charge in [0.1, 0.15) is 0 Å². The summed E-state index contributed by atoms with van der Waals surface area (Å²) >= 11 is 3.43. The second-order valence-electron chi connectivity index (χ2n) is 4.90. The van der Waals surface area contributed by atoms with E-state index in [1.807, 2.05) is 0 Å². The molecule has 1 N–H and O–H groups in total. The van der Waals surface area contributed by atoms with Gasteiger partial charge in [0.15, 0.2) is 0 Å². The molecule has 1 aromatic carbocycles. The summed E-state index contributed by atoms with van der Waals surface area (Å²) in [5.41, 5.74) is 1.51. The molecule has 6 heteroatoms. The minimum Gasteiger partial charge on any atom is -0.381 e. The molecule has 0 spiro atoms. The number of hydrogen-bond acceptors (Lipinski definition) is 4. The second-order valence-corrected chi connectivity index (χ2v) is 5.76. The Labute approximate surface area is 120 Å². The SMILES string of the molecule is Cc1cc(Br)c(NCC2CCC(C)O2)cc1[N+](=O)[O-]. The Morgan fingerprint density at radius 2 is 2.26 bits per heavy atom. The van der Waals surface area contributed by atoms with Gasteiger partial charge in [-0.3, -0.25) is 10.1 Å². The molecule has 1 aliphatic rings. The summed E-state index contributed by atoms with van der Waals surface area (Å²) in [6.07, 6.45) is 2.59. The smallest absolute Gasteiger partial charge is 0.274 e. The van der Waals surface area contributed by atoms with E-state index in [1.54, 1.807) is 19.1 Å². The van der Waals surface area contributed by atoms with Gasteiger partial charge in [0, 0.05) is 22.6 Å². The van der Waals surface area contributed by atoms with Gasteiger partial charge in [-0.05, 0) is 48.7 Å². The predicted octanol–water partition coefficient (Wildman–Crippen LogP) is 3.65. The molecular formula is C13H17BrN2O3. The summed E-state index contributed by atoms with van der Waals surface area (Å²) in [6, 6.07) is 3.33. The van der Waals surface area contributed by atoms with Crippen molar-refractivity contribution in [1.82, 2.24) is 0 Å². The lowest BCUT2D eigenvalue weighted by Crippen LogP contribution is -2.20. The summed E-state index contributed by atoms with van der Waals surface area (Å²) < 4.78 is 6.55. The van der Waals surface area contributed by atoms with Gasteiger partial charge in [-0.15, -0.1) is 0 Å². The molecule has 0 radical (unpaired) electrons. The van der Waals surface area contributed by atoms with Crippen molar-refractivity contribution in [2.24, 2.45) is 0 Å². The van der Waals surface area contributed by atoms with Gasteiger partial charge in [0.05, 0.1) is 22.8 Å². The minimum atomic E-state index is -0.360. The number of ether oxygens (including phenoxy) is 1. The normalized spacial score (nSPS) is 22.5. The molecule has 1 aliphatic heterocycles. The zero-order chi connectivity index (χ0) is 14.0. The maximum Gasteiger partial charge on any atom is 0.274 e. The number of aryl methyl sites for hydroxylation is 1. The third-order valence-corrected chi connectivity index (χ3v) is 3.98. The Balaban J connectivity index is 2.07. The molecule has 5 nitrogen and oxygen atoms in total. The molecule has 2 unspecified atom stereocenters. The maximum atomic E-state index is 10.9. The predicted molar refractivity (Wildman–Crippen MR) is 77.6 cm³/mol. The van der Waals surface area contributed by atoms with Crippen LogP contribution in [0, 0.1) is 17.0 Å². The lowest BCUT2D eigenvalue weighted by molar-refractivity contribution is -0.385. The van der Waals surface area contributed by atoms with Crippen molar-refractivity contribution < 1.29 is 9.66 Å². The lowest BCUT2D eigenvalue weighted by Gasteiger charge is -2.14. The van der Waals surface area contributed by atoms with Crippen LogP contribution in [-0.2, 0) is 4.74 Å². The monoisotopic (exact) mass is 328 g/mol. The first-order valence-electron chi connectivity index (χ1n) is 6.31. The highest BCUT2D eigenvalue weighted by molar-refractivity contribution is 9.10. The van der Waals surface area contributed by atoms with Crippen molar-refractivity contribution in [3.63, 3.8) is 0 Å². The molecule has 2 rings (SSSR count). The van der Waals surface area contributed by atoms with Gasteiger partial charge in [0.2, 0.25) is 0 Å². The fourth-order valence-corrected chi connectivity index (χ4v) is 2.85. The van der Waals surface area contributed by atoms with Gasteiger partial charge in [-0.1, -0.05) is 0 Å². The van der Waals surface area contributed by atoms with Crippen LogP contribution < -0.4 is 5.32 Å². The number of nitro benzene ring substituents is 1. The number of anilines is 1. The molecule has 2 atom stereocenters. The van der Waals surface area contributed by atoms with Gasteiger partial charge in [0.25, 0.3) is 5.69 Å². The highest BCUT2D eigenvalue weighted by Gasteiger charge is 2.22. The van der Waals surface area contributed by atoms with Crippen LogP contribution in [0.5, 0.6) is 0 Å². The minimum absolute atomic E-state index is 0.131. The Kier molecular flexibility index (Phi) is 4.42. The van der Waals surface area contributed by atoms with Crippen molar-refractivity contribution in [2.45, 2.75) is 38.9 Å². The third kappa shape index (κ3) is 3.45. The van der Waals surface area contributed by atoms with E-state index < -0.39 is 0 Å². The fourth-order valence-electron chi connectivity index (χ4n) is 2.25. The summed E-state index contributed by atoms with van der Waals surface area (Å²) in [7, 11) is 0. The molecule has 0 amide bonds. The average Bonchev–Trinajstić information content (AvgIpc) is 2.73. The van der Waals surface area contributed by atoms with E-state index in [2.05, 4.69) is 28.2 Å². The first kappa shape index (κ1) is 14.3. The van der Waals surface area contributed by atoms with Crippen LogP contribution in [0.15, 0.2) is 16.6 Å². The van der Waals surface area contributed by atoms with Gasteiger partial charge in [-0.2, -0.15) is 0 Å². The summed E-state index contributed by atoms with van der Waals surface area (Å²) in [4.78, 5) is 10.6. The first-order chi connectivity index (χ1) is 8.97. The standard InChI is InChI=1S/C13H17BrN2O3/c1-8-5-11(14)12(6-13(8)16(17)18)15-7-10-4-3-9(2)19-10/h5-6,9-10,15H,3-4,7H2,1-2H3. The van der Waals surface area contributed by atoms with Crippen LogP contribution in [-0.4, -0.2) is 23.7 Å². The lowest BCUT2D eigenvalue weighted by atomic mass is 10.1. The van der Waals surface area contributed by atoms with E-state index in [4.69, 9.17) is 4.74 Å². The summed E-state index contributed by atoms with van der Waals surface area (Å²) in [5.74, 6) is 0. The maximum absolute atomic E-state index is 10.9. The van der Waals surface area contributed by atoms with Crippen molar-refractivity contribution in [1.29, 1.82) is 0 Å². The number of nitrogens with zero attached hydrogens (tertiary/aromatic N) is 1. The summed E-state index contributed by atoms with van der Waals surface area (Å²) in [5, 5.41) is 14.1. The van der Waals surface area contributed by atoms with Crippen LogP contribution in [0.4, 0.5) is 11.4 Å². The number of nitro groups is 1. The number of halogens is 1. The number of nitrogens with one attached hydrogen (secondary N) is 1. The Morgan fingerprint density at radius 1 is 1.53 bits per heavy atom. The Hall–Kier alpha value is -1.14. The Bertz CT molecular complexity index is 493. The van der Waals surface area contributed by atoms with Crippen LogP contribution in [0.1, 0.15) is 25.3 Å². The zero-order valence-corrected chi connectivity index (χ0v) is 12.6. The van der Waals surface area contributed by atoms with Crippen molar-refractivity contribution >= 4 is 27.3 Å². The highest BCUT2D eigenvalue weighted by atomic mass is 79.9. The molecule has 19 heavy (non-hydrogen) atoms. The van der Waals surface area contributed by atoms with E-state index in [9.17, 15) is 10.1 Å². The topological polar surface area (TPSA) is 64.4 Å². The third-order valence-electron chi connectivity index (χ3n) is 3.32. The number of benzene rings is 1. The molecule has 0 saturated carbocycles.